The number of hydrogen-bond donors (Lipinski definition) is 1. The molecular formula is C20H22N2O4S. The molecule has 1 amide bonds. The van der Waals surface area contributed by atoms with E-state index in [1.807, 2.05) is 37.3 Å². The van der Waals surface area contributed by atoms with Gasteiger partial charge in [-0.15, -0.1) is 0 Å². The van der Waals surface area contributed by atoms with E-state index in [1.165, 1.54) is 16.6 Å². The Labute approximate surface area is 159 Å². The quantitative estimate of drug-likeness (QED) is 0.802. The summed E-state index contributed by atoms with van der Waals surface area (Å²) in [7, 11) is -1.72. The number of nitrogens with one attached hydrogen (secondary N) is 1. The zero-order valence-electron chi connectivity index (χ0n) is 15.5. The molecule has 1 N–H and O–H groups in total. The van der Waals surface area contributed by atoms with Gasteiger partial charge in [0.05, 0.1) is 19.1 Å². The second-order valence-electron chi connectivity index (χ2n) is 6.47. The van der Waals surface area contributed by atoms with E-state index in [9.17, 15) is 13.2 Å². The second-order valence-corrected chi connectivity index (χ2v) is 8.38. The van der Waals surface area contributed by atoms with Gasteiger partial charge >= 0.3 is 0 Å². The smallest absolute Gasteiger partial charge is 0.248 e. The van der Waals surface area contributed by atoms with Crippen LogP contribution in [0.15, 0.2) is 48.5 Å². The molecule has 142 valence electrons. The summed E-state index contributed by atoms with van der Waals surface area (Å²) in [4.78, 5) is 12.4. The minimum atomic E-state index is -3.32. The molecule has 0 atom stereocenters. The molecule has 0 spiro atoms. The van der Waals surface area contributed by atoms with E-state index in [0.717, 1.165) is 22.4 Å². The zero-order valence-corrected chi connectivity index (χ0v) is 16.3. The number of rotatable bonds is 5. The highest BCUT2D eigenvalue weighted by atomic mass is 32.2. The summed E-state index contributed by atoms with van der Waals surface area (Å²) in [6.45, 7) is 2.29. The van der Waals surface area contributed by atoms with E-state index in [4.69, 9.17) is 4.74 Å². The van der Waals surface area contributed by atoms with Crippen LogP contribution in [0.1, 0.15) is 18.1 Å². The number of methoxy groups -OCH3 is 1. The van der Waals surface area contributed by atoms with Gasteiger partial charge in [-0.3, -0.25) is 9.10 Å². The Kier molecular flexibility index (Phi) is 5.23. The van der Waals surface area contributed by atoms with Crippen molar-refractivity contribution in [3.63, 3.8) is 0 Å². The standard InChI is InChI=1S/C20H22N2O4S/c1-14(15-5-8-18(26-2)9-6-15)12-20(23)21-17-7-4-16-10-11-22(19(16)13-17)27(3,24)25/h4-9,12-13H,10-11H2,1-3H3,(H,21,23)/b14-12+. The molecular weight excluding hydrogens is 364 g/mol. The number of ether oxygens (including phenoxy) is 1. The molecule has 0 aromatic heterocycles. The summed E-state index contributed by atoms with van der Waals surface area (Å²) in [5.74, 6) is 0.483. The predicted octanol–water partition coefficient (Wildman–Crippen LogP) is 3.06. The Bertz CT molecular complexity index is 995. The van der Waals surface area contributed by atoms with Crippen LogP contribution in [0.4, 0.5) is 11.4 Å². The van der Waals surface area contributed by atoms with Crippen molar-refractivity contribution < 1.29 is 17.9 Å². The molecule has 1 aliphatic heterocycles. The molecule has 0 radical (unpaired) electrons. The lowest BCUT2D eigenvalue weighted by Gasteiger charge is -2.17. The molecule has 3 rings (SSSR count). The lowest BCUT2D eigenvalue weighted by molar-refractivity contribution is -0.111. The van der Waals surface area contributed by atoms with Gasteiger partial charge < -0.3 is 10.1 Å². The van der Waals surface area contributed by atoms with Crippen molar-refractivity contribution in [2.45, 2.75) is 13.3 Å². The Morgan fingerprint density at radius 2 is 1.89 bits per heavy atom. The predicted molar refractivity (Wildman–Crippen MR) is 108 cm³/mol. The number of fused-ring (bicyclic) bond motifs is 1. The zero-order chi connectivity index (χ0) is 19.6. The molecule has 0 saturated carbocycles. The van der Waals surface area contributed by atoms with Gasteiger partial charge in [0.1, 0.15) is 5.75 Å². The van der Waals surface area contributed by atoms with Crippen molar-refractivity contribution in [2.24, 2.45) is 0 Å². The maximum atomic E-state index is 12.4. The maximum Gasteiger partial charge on any atom is 0.248 e. The summed E-state index contributed by atoms with van der Waals surface area (Å²) in [5, 5.41) is 2.81. The van der Waals surface area contributed by atoms with Crippen LogP contribution in [-0.4, -0.2) is 34.2 Å². The largest absolute Gasteiger partial charge is 0.497 e. The fraction of sp³-hybridized carbons (Fsp3) is 0.250. The van der Waals surface area contributed by atoms with Crippen molar-refractivity contribution >= 4 is 32.9 Å². The van der Waals surface area contributed by atoms with Crippen LogP contribution in [0.3, 0.4) is 0 Å². The number of carbonyl (C=O) groups excluding carboxylic acids is 1. The van der Waals surface area contributed by atoms with Crippen LogP contribution >= 0.6 is 0 Å². The van der Waals surface area contributed by atoms with Crippen LogP contribution in [-0.2, 0) is 21.2 Å². The minimum absolute atomic E-state index is 0.271. The third kappa shape index (κ3) is 4.31. The average Bonchev–Trinajstić information content (AvgIpc) is 3.05. The average molecular weight is 386 g/mol. The Morgan fingerprint density at radius 1 is 1.19 bits per heavy atom. The molecule has 27 heavy (non-hydrogen) atoms. The minimum Gasteiger partial charge on any atom is -0.497 e. The molecule has 6 nitrogen and oxygen atoms in total. The highest BCUT2D eigenvalue weighted by molar-refractivity contribution is 7.92. The van der Waals surface area contributed by atoms with E-state index >= 15 is 0 Å². The molecule has 1 aliphatic rings. The molecule has 2 aromatic rings. The van der Waals surface area contributed by atoms with Crippen molar-refractivity contribution in [3.8, 4) is 5.75 Å². The van der Waals surface area contributed by atoms with Crippen molar-refractivity contribution in [1.29, 1.82) is 0 Å². The van der Waals surface area contributed by atoms with E-state index in [2.05, 4.69) is 5.32 Å². The summed E-state index contributed by atoms with van der Waals surface area (Å²) >= 11 is 0. The van der Waals surface area contributed by atoms with Gasteiger partial charge in [-0.2, -0.15) is 0 Å². The third-order valence-electron chi connectivity index (χ3n) is 4.50. The number of nitrogens with zero attached hydrogens (tertiary/aromatic N) is 1. The molecule has 0 unspecified atom stereocenters. The van der Waals surface area contributed by atoms with Crippen LogP contribution < -0.4 is 14.4 Å². The van der Waals surface area contributed by atoms with Crippen molar-refractivity contribution in [1.82, 2.24) is 0 Å². The number of sulfonamides is 1. The number of hydrogen-bond acceptors (Lipinski definition) is 4. The Morgan fingerprint density at radius 3 is 2.52 bits per heavy atom. The topological polar surface area (TPSA) is 75.7 Å². The highest BCUT2D eigenvalue weighted by Crippen LogP contribution is 2.32. The maximum absolute atomic E-state index is 12.4. The van der Waals surface area contributed by atoms with E-state index < -0.39 is 10.0 Å². The lowest BCUT2D eigenvalue weighted by Crippen LogP contribution is -2.27. The summed E-state index contributed by atoms with van der Waals surface area (Å²) < 4.78 is 30.3. The highest BCUT2D eigenvalue weighted by Gasteiger charge is 2.26. The van der Waals surface area contributed by atoms with E-state index in [1.54, 1.807) is 19.2 Å². The SMILES string of the molecule is COc1ccc(/C(C)=C/C(=O)Nc2ccc3c(c2)N(S(C)(=O)=O)CC3)cc1. The summed E-state index contributed by atoms with van der Waals surface area (Å²) in [6.07, 6.45) is 3.38. The monoisotopic (exact) mass is 386 g/mol. The molecule has 1 heterocycles. The van der Waals surface area contributed by atoms with Crippen LogP contribution in [0.25, 0.3) is 5.57 Å². The summed E-state index contributed by atoms with van der Waals surface area (Å²) in [6, 6.07) is 12.8. The van der Waals surface area contributed by atoms with Gasteiger partial charge in [0.15, 0.2) is 0 Å². The van der Waals surface area contributed by atoms with Crippen molar-refractivity contribution in [2.75, 3.05) is 29.5 Å². The van der Waals surface area contributed by atoms with Gasteiger partial charge in [0.25, 0.3) is 0 Å². The molecule has 0 bridgehead atoms. The van der Waals surface area contributed by atoms with Gasteiger partial charge in [0, 0.05) is 18.3 Å². The number of carbonyl (C=O) groups is 1. The van der Waals surface area contributed by atoms with Crippen LogP contribution in [0, 0.1) is 0 Å². The number of amides is 1. The molecule has 2 aromatic carbocycles. The fourth-order valence-electron chi connectivity index (χ4n) is 3.08. The van der Waals surface area contributed by atoms with Gasteiger partial charge in [-0.05, 0) is 54.3 Å². The van der Waals surface area contributed by atoms with Gasteiger partial charge in [0.2, 0.25) is 15.9 Å². The molecule has 7 heteroatoms. The first kappa shape index (κ1) is 19.0. The first-order valence-corrected chi connectivity index (χ1v) is 10.4. The summed E-state index contributed by atoms with van der Waals surface area (Å²) in [5.41, 5.74) is 3.89. The van der Waals surface area contributed by atoms with Gasteiger partial charge in [-0.1, -0.05) is 18.2 Å². The Hall–Kier alpha value is -2.80. The molecule has 0 fully saturated rings. The molecule has 0 aliphatic carbocycles. The number of benzene rings is 2. The normalized spacial score (nSPS) is 14.0. The second kappa shape index (κ2) is 7.44. The number of allylic oxidation sites excluding steroid dienone is 1. The number of anilines is 2. The van der Waals surface area contributed by atoms with E-state index in [-0.39, 0.29) is 5.91 Å². The Balaban J connectivity index is 1.76. The van der Waals surface area contributed by atoms with Gasteiger partial charge in [-0.25, -0.2) is 8.42 Å². The van der Waals surface area contributed by atoms with Crippen molar-refractivity contribution in [3.05, 3.63) is 59.7 Å². The first-order valence-electron chi connectivity index (χ1n) is 8.52. The fourth-order valence-corrected chi connectivity index (χ4v) is 4.03. The lowest BCUT2D eigenvalue weighted by atomic mass is 10.1. The van der Waals surface area contributed by atoms with E-state index in [0.29, 0.717) is 24.3 Å². The third-order valence-corrected chi connectivity index (χ3v) is 5.68. The van der Waals surface area contributed by atoms with Crippen LogP contribution in [0.5, 0.6) is 5.75 Å². The molecule has 0 saturated heterocycles. The first-order chi connectivity index (χ1) is 12.8. The van der Waals surface area contributed by atoms with Crippen LogP contribution in [0.2, 0.25) is 0 Å².